The van der Waals surface area contributed by atoms with E-state index in [0.717, 1.165) is 33.4 Å². The number of nitrogens with zero attached hydrogens (tertiary/aromatic N) is 4. The maximum absolute atomic E-state index is 15.5. The number of nitrogens with two attached hydrogens (primary N) is 2. The largest absolute Gasteiger partial charge is 0.492 e. The van der Waals surface area contributed by atoms with Crippen LogP contribution in [0.25, 0.3) is 33.6 Å². The molecule has 1 aromatic heterocycles. The lowest BCUT2D eigenvalue weighted by atomic mass is 9.86. The lowest BCUT2D eigenvalue weighted by Crippen LogP contribution is -2.46. The second-order valence-corrected chi connectivity index (χ2v) is 22.1. The number of rotatable bonds is 20. The Morgan fingerprint density at radius 3 is 2.10 bits per heavy atom. The van der Waals surface area contributed by atoms with E-state index in [1.54, 1.807) is 44.2 Å². The lowest BCUT2D eigenvalue weighted by Gasteiger charge is -2.32. The topological polar surface area (TPSA) is 259 Å². The number of hydrogen-bond acceptors (Lipinski definition) is 14. The van der Waals surface area contributed by atoms with Crippen LogP contribution in [0.15, 0.2) is 115 Å². The molecule has 426 valence electrons. The first kappa shape index (κ1) is 59.5. The zero-order valence-electron chi connectivity index (χ0n) is 47.5. The molecule has 82 heavy (non-hydrogen) atoms. The smallest absolute Gasteiger partial charge is 0.407 e. The molecule has 0 unspecified atom stereocenters. The molecule has 0 radical (unpaired) electrons. The molecule has 0 spiro atoms. The van der Waals surface area contributed by atoms with Crippen molar-refractivity contribution in [2.75, 3.05) is 46.5 Å². The van der Waals surface area contributed by atoms with Gasteiger partial charge in [-0.05, 0) is 88.4 Å². The van der Waals surface area contributed by atoms with Crippen LogP contribution in [-0.2, 0) is 35.8 Å². The van der Waals surface area contributed by atoms with Crippen LogP contribution >= 0.6 is 0 Å². The number of amides is 3. The van der Waals surface area contributed by atoms with Crippen molar-refractivity contribution in [3.05, 3.63) is 154 Å². The van der Waals surface area contributed by atoms with Crippen molar-refractivity contribution in [1.29, 1.82) is 5.26 Å². The van der Waals surface area contributed by atoms with Gasteiger partial charge in [0.25, 0.3) is 0 Å². The number of aryl methyl sites for hydroxylation is 1. The number of nitriles is 1. The Morgan fingerprint density at radius 1 is 0.841 bits per heavy atom. The molecule has 1 aliphatic carbocycles. The van der Waals surface area contributed by atoms with Gasteiger partial charge in [-0.25, -0.2) is 14.8 Å². The van der Waals surface area contributed by atoms with Crippen molar-refractivity contribution >= 4 is 35.3 Å². The third kappa shape index (κ3) is 13.9. The highest BCUT2D eigenvalue weighted by Crippen LogP contribution is 2.45. The molecule has 6 aromatic rings. The summed E-state index contributed by atoms with van der Waals surface area (Å²) in [5, 5.41) is 15.0. The molecular formula is C65H72N8O9. The van der Waals surface area contributed by atoms with E-state index in [1.807, 2.05) is 84.9 Å². The van der Waals surface area contributed by atoms with Crippen LogP contribution in [0.5, 0.6) is 11.5 Å². The van der Waals surface area contributed by atoms with Crippen molar-refractivity contribution in [1.82, 2.24) is 25.5 Å². The molecule has 1 aliphatic heterocycles. The first-order valence-corrected chi connectivity index (χ1v) is 27.9. The number of ether oxygens (including phenoxy) is 3. The number of carbonyl (C=O) groups excluding carboxylic acids is 6. The van der Waals surface area contributed by atoms with Crippen LogP contribution in [0.4, 0.5) is 4.79 Å². The molecule has 0 saturated carbocycles. The third-order valence-corrected chi connectivity index (χ3v) is 15.2. The fourth-order valence-corrected chi connectivity index (χ4v) is 10.8. The SMILES string of the molecule is Cc1nc(-c2ccc(C(C)(C)C)cc2)ncc1C(=O)C[C@@H](CCNC(=O)OCC1c2ccccc2-c2ccccc21)C(=O)N(C)[C@@H]1C(=O)C[C@@H](C)C(=O)N[C@H](C(=O)CCC#N)Cc2ccc(OCCN)c(c2)-c2cc1ccc2OCCN. The standard InChI is InChI=1S/C65H72N8O9/c1-39-32-57(76)60(43-20-24-59(81-31-28-68)51(35-43)50-33-41(17-23-58(50)80-30-27-67)34-54(72-62(39)77)55(74)16-11-26-66)73(6)63(78)44(36-56(75)52-37-70-61(71-40(52)2)42-18-21-45(22-19-42)65(3,4)5)25-29-69-64(79)82-38-53-48-14-9-7-12-46(48)47-13-8-10-15-49(47)53/h7-10,12-15,17-24,33,35,37,39,44,53-54,60H,11,16,25,27-32,34,36,38,67-68H2,1-6H3,(H,69,79)(H,72,77)/t39-,44-,54+,60+/m1/s1. The zero-order chi connectivity index (χ0) is 58.7. The van der Waals surface area contributed by atoms with Crippen molar-refractivity contribution in [3.63, 3.8) is 0 Å². The summed E-state index contributed by atoms with van der Waals surface area (Å²) in [6, 6.07) is 33.9. The molecule has 2 heterocycles. The van der Waals surface area contributed by atoms with Gasteiger partial charge in [0.2, 0.25) is 11.8 Å². The molecule has 4 bridgehead atoms. The van der Waals surface area contributed by atoms with E-state index in [9.17, 15) is 24.4 Å². The molecule has 4 atom stereocenters. The number of hydrogen-bond donors (Lipinski definition) is 4. The molecule has 2 aliphatic rings. The number of Topliss-reactive ketones (excluding diaryl/α,β-unsaturated/α-hetero) is 3. The highest BCUT2D eigenvalue weighted by Gasteiger charge is 2.37. The molecule has 6 N–H and O–H groups in total. The summed E-state index contributed by atoms with van der Waals surface area (Å²) in [7, 11) is 1.47. The van der Waals surface area contributed by atoms with Crippen molar-refractivity contribution < 1.29 is 43.0 Å². The number of likely N-dealkylation sites (N-methyl/N-ethyl adjacent to an activating group) is 1. The monoisotopic (exact) mass is 1110 g/mol. The second-order valence-electron chi connectivity index (χ2n) is 22.1. The predicted octanol–water partition coefficient (Wildman–Crippen LogP) is 8.92. The van der Waals surface area contributed by atoms with Crippen LogP contribution in [0.2, 0.25) is 0 Å². The minimum Gasteiger partial charge on any atom is -0.492 e. The Kier molecular flexibility index (Phi) is 19.4. The van der Waals surface area contributed by atoms with Crippen LogP contribution in [-0.4, -0.2) is 103 Å². The van der Waals surface area contributed by atoms with Gasteiger partial charge in [0.05, 0.1) is 23.4 Å². The number of carbonyl (C=O) groups is 6. The first-order chi connectivity index (χ1) is 39.4. The number of benzene rings is 5. The van der Waals surface area contributed by atoms with Gasteiger partial charge in [0.1, 0.15) is 37.4 Å². The van der Waals surface area contributed by atoms with E-state index < -0.39 is 53.4 Å². The van der Waals surface area contributed by atoms with Gasteiger partial charge in [-0.1, -0.05) is 113 Å². The predicted molar refractivity (Wildman–Crippen MR) is 312 cm³/mol. The molecule has 17 heteroatoms. The normalized spacial score (nSPS) is 16.3. The van der Waals surface area contributed by atoms with Crippen LogP contribution in [0, 0.1) is 30.1 Å². The summed E-state index contributed by atoms with van der Waals surface area (Å²) in [5.41, 5.74) is 20.5. The number of fused-ring (bicyclic) bond motifs is 8. The first-order valence-electron chi connectivity index (χ1n) is 27.9. The minimum atomic E-state index is -1.35. The van der Waals surface area contributed by atoms with Gasteiger partial charge in [0.15, 0.2) is 23.2 Å². The number of ketones is 3. The number of alkyl carbamates (subject to hydrolysis) is 1. The van der Waals surface area contributed by atoms with E-state index in [1.165, 1.54) is 18.1 Å². The third-order valence-electron chi connectivity index (χ3n) is 15.2. The Balaban J connectivity index is 1.13. The van der Waals surface area contributed by atoms with E-state index in [0.29, 0.717) is 45.3 Å². The summed E-state index contributed by atoms with van der Waals surface area (Å²) < 4.78 is 18.2. The Bertz CT molecular complexity index is 3340. The number of nitrogens with one attached hydrogen (secondary N) is 2. The Hall–Kier alpha value is -8.59. The van der Waals surface area contributed by atoms with Gasteiger partial charge in [-0.15, -0.1) is 0 Å². The summed E-state index contributed by atoms with van der Waals surface area (Å²) >= 11 is 0. The average molecular weight is 1110 g/mol. The molecule has 17 nitrogen and oxygen atoms in total. The molecule has 3 amide bonds. The lowest BCUT2D eigenvalue weighted by molar-refractivity contribution is -0.142. The summed E-state index contributed by atoms with van der Waals surface area (Å²) in [6.07, 6.45) is -0.121. The van der Waals surface area contributed by atoms with E-state index in [4.69, 9.17) is 30.7 Å². The van der Waals surface area contributed by atoms with Gasteiger partial charge < -0.3 is 41.2 Å². The molecule has 0 fully saturated rings. The highest BCUT2D eigenvalue weighted by molar-refractivity contribution is 6.00. The van der Waals surface area contributed by atoms with Gasteiger partial charge in [0, 0.05) is 93.0 Å². The van der Waals surface area contributed by atoms with Gasteiger partial charge in [-0.3, -0.25) is 24.0 Å². The second kappa shape index (κ2) is 26.8. The molecular weight excluding hydrogens is 1040 g/mol. The summed E-state index contributed by atoms with van der Waals surface area (Å²) in [6.45, 7) is 10.3. The minimum absolute atomic E-state index is 0.0517. The van der Waals surface area contributed by atoms with Gasteiger partial charge in [-0.2, -0.15) is 5.26 Å². The Morgan fingerprint density at radius 2 is 1.48 bits per heavy atom. The molecule has 8 rings (SSSR count). The van der Waals surface area contributed by atoms with Crippen molar-refractivity contribution in [2.45, 2.75) is 96.6 Å². The zero-order valence-corrected chi connectivity index (χ0v) is 47.5. The maximum Gasteiger partial charge on any atom is 0.407 e. The highest BCUT2D eigenvalue weighted by atomic mass is 16.5. The Labute approximate surface area is 479 Å². The van der Waals surface area contributed by atoms with Crippen LogP contribution in [0.3, 0.4) is 0 Å². The summed E-state index contributed by atoms with van der Waals surface area (Å²) in [4.78, 5) is 97.2. The van der Waals surface area contributed by atoms with Crippen LogP contribution in [0.1, 0.15) is 116 Å². The van der Waals surface area contributed by atoms with Crippen molar-refractivity contribution in [2.24, 2.45) is 23.3 Å². The van der Waals surface area contributed by atoms with Gasteiger partial charge >= 0.3 is 6.09 Å². The van der Waals surface area contributed by atoms with E-state index >= 15 is 9.59 Å². The fraction of sp³-hybridized carbons (Fsp3) is 0.369. The average Bonchev–Trinajstić information content (AvgIpc) is 3.96. The molecule has 0 saturated heterocycles. The molecule has 5 aromatic carbocycles. The van der Waals surface area contributed by atoms with E-state index in [-0.39, 0.29) is 101 Å². The summed E-state index contributed by atoms with van der Waals surface area (Å²) in [5.74, 6) is -3.58. The van der Waals surface area contributed by atoms with E-state index in [2.05, 4.69) is 36.4 Å². The quantitative estimate of drug-likeness (QED) is 0.0521. The number of aromatic nitrogens is 2. The maximum atomic E-state index is 15.5. The van der Waals surface area contributed by atoms with Crippen LogP contribution < -0.4 is 31.6 Å². The van der Waals surface area contributed by atoms with Crippen molar-refractivity contribution in [3.8, 4) is 51.2 Å². The fourth-order valence-electron chi connectivity index (χ4n) is 10.8.